The summed E-state index contributed by atoms with van der Waals surface area (Å²) < 4.78 is 0. The molecule has 138 valence electrons. The fourth-order valence-electron chi connectivity index (χ4n) is 4.94. The predicted molar refractivity (Wildman–Crippen MR) is 108 cm³/mol. The van der Waals surface area contributed by atoms with E-state index in [-0.39, 0.29) is 5.41 Å². The molecule has 2 bridgehead atoms. The van der Waals surface area contributed by atoms with Crippen LogP contribution in [-0.4, -0.2) is 29.1 Å². The lowest BCUT2D eigenvalue weighted by atomic mass is 9.63. The van der Waals surface area contributed by atoms with Crippen LogP contribution in [0.5, 0.6) is 5.75 Å². The fraction of sp³-hybridized carbons (Fsp3) is 0.455. The number of aromatic hydroxyl groups is 1. The topological polar surface area (TPSA) is 23.5 Å². The van der Waals surface area contributed by atoms with E-state index in [1.807, 2.05) is 30.3 Å². The highest BCUT2D eigenvalue weighted by molar-refractivity contribution is 6.35. The van der Waals surface area contributed by atoms with Crippen molar-refractivity contribution in [2.75, 3.05) is 13.1 Å². The molecule has 0 spiro atoms. The summed E-state index contributed by atoms with van der Waals surface area (Å²) in [4.78, 5) is 2.64. The summed E-state index contributed by atoms with van der Waals surface area (Å²) in [5.41, 5.74) is 2.75. The highest BCUT2D eigenvalue weighted by Gasteiger charge is 2.43. The molecule has 4 rings (SSSR count). The maximum Gasteiger partial charge on any atom is 0.115 e. The quantitative estimate of drug-likeness (QED) is 0.710. The third-order valence-corrected chi connectivity index (χ3v) is 6.94. The van der Waals surface area contributed by atoms with Gasteiger partial charge in [0.05, 0.1) is 0 Å². The number of likely N-dealkylation sites (tertiary alicyclic amines) is 1. The molecule has 4 heteroatoms. The highest BCUT2D eigenvalue weighted by Crippen LogP contribution is 2.47. The minimum Gasteiger partial charge on any atom is -0.508 e. The van der Waals surface area contributed by atoms with Gasteiger partial charge in [-0.3, -0.25) is 4.90 Å². The third kappa shape index (κ3) is 3.60. The first-order chi connectivity index (χ1) is 12.6. The van der Waals surface area contributed by atoms with Crippen molar-refractivity contribution >= 4 is 23.2 Å². The molecule has 2 nitrogen and oxygen atoms in total. The van der Waals surface area contributed by atoms with Gasteiger partial charge in [-0.15, -0.1) is 0 Å². The van der Waals surface area contributed by atoms with Crippen molar-refractivity contribution < 1.29 is 5.11 Å². The molecule has 1 aliphatic carbocycles. The molecule has 0 unspecified atom stereocenters. The Morgan fingerprint density at radius 1 is 1.12 bits per heavy atom. The number of rotatable bonds is 4. The summed E-state index contributed by atoms with van der Waals surface area (Å²) in [7, 11) is 0. The molecule has 1 N–H and O–H groups in total. The molecule has 0 radical (unpaired) electrons. The Hall–Kier alpha value is -1.22. The van der Waals surface area contributed by atoms with E-state index in [9.17, 15) is 5.11 Å². The number of phenols is 1. The zero-order valence-corrected chi connectivity index (χ0v) is 16.4. The smallest absolute Gasteiger partial charge is 0.115 e. The molecule has 0 aromatic heterocycles. The molecule has 1 saturated carbocycles. The molecule has 2 aromatic rings. The first kappa shape index (κ1) is 18.2. The third-order valence-electron chi connectivity index (χ3n) is 6.36. The largest absolute Gasteiger partial charge is 0.508 e. The van der Waals surface area contributed by atoms with Gasteiger partial charge in [-0.05, 0) is 79.5 Å². The van der Waals surface area contributed by atoms with Crippen molar-refractivity contribution in [1.29, 1.82) is 0 Å². The van der Waals surface area contributed by atoms with Gasteiger partial charge < -0.3 is 5.11 Å². The second kappa shape index (κ2) is 7.42. The SMILES string of the molecule is Oc1cccc([C@@]23CCC[C@@H](C2)N(CCc2ccc(Cl)cc2Cl)CC3)c1. The molecule has 2 fully saturated rings. The molecule has 1 saturated heterocycles. The Balaban J connectivity index is 1.46. The van der Waals surface area contributed by atoms with Gasteiger partial charge in [0.15, 0.2) is 0 Å². The number of phenolic OH excluding ortho intramolecular Hbond substituents is 1. The van der Waals surface area contributed by atoms with Crippen LogP contribution in [0.2, 0.25) is 10.0 Å². The van der Waals surface area contributed by atoms with Gasteiger partial charge in [0.1, 0.15) is 5.75 Å². The van der Waals surface area contributed by atoms with Gasteiger partial charge >= 0.3 is 0 Å². The van der Waals surface area contributed by atoms with Gasteiger partial charge in [-0.25, -0.2) is 0 Å². The molecule has 2 aromatic carbocycles. The highest BCUT2D eigenvalue weighted by atomic mass is 35.5. The standard InChI is InChI=1S/C22H25Cl2NO/c23-18-7-6-16(21(24)14-18)8-11-25-12-10-22(9-2-4-19(25)15-22)17-3-1-5-20(26)13-17/h1,3,5-7,13-14,19,26H,2,4,8-12,15H2/t19-,22+/m0/s1. The molecule has 1 aliphatic heterocycles. The zero-order chi connectivity index (χ0) is 18.1. The van der Waals surface area contributed by atoms with Gasteiger partial charge in [0.25, 0.3) is 0 Å². The lowest BCUT2D eigenvalue weighted by molar-refractivity contribution is 0.0524. The Morgan fingerprint density at radius 3 is 2.81 bits per heavy atom. The van der Waals surface area contributed by atoms with E-state index in [0.717, 1.165) is 24.5 Å². The van der Waals surface area contributed by atoms with Crippen molar-refractivity contribution in [2.24, 2.45) is 0 Å². The molecular formula is C22H25Cl2NO. The van der Waals surface area contributed by atoms with Crippen LogP contribution in [0.3, 0.4) is 0 Å². The molecule has 2 aliphatic rings. The monoisotopic (exact) mass is 389 g/mol. The van der Waals surface area contributed by atoms with Crippen LogP contribution in [-0.2, 0) is 11.8 Å². The average molecular weight is 390 g/mol. The fourth-order valence-corrected chi connectivity index (χ4v) is 5.44. The lowest BCUT2D eigenvalue weighted by Gasteiger charge is -2.51. The van der Waals surface area contributed by atoms with E-state index in [0.29, 0.717) is 16.8 Å². The Kier molecular flexibility index (Phi) is 5.18. The molecule has 2 atom stereocenters. The van der Waals surface area contributed by atoms with Crippen LogP contribution in [0.1, 0.15) is 43.2 Å². The van der Waals surface area contributed by atoms with Crippen molar-refractivity contribution in [2.45, 2.75) is 50.0 Å². The van der Waals surface area contributed by atoms with Gasteiger partial charge in [-0.2, -0.15) is 0 Å². The summed E-state index contributed by atoms with van der Waals surface area (Å²) >= 11 is 12.3. The second-order valence-corrected chi connectivity index (χ2v) is 8.70. The van der Waals surface area contributed by atoms with Crippen LogP contribution in [0, 0.1) is 0 Å². The van der Waals surface area contributed by atoms with E-state index in [4.69, 9.17) is 23.2 Å². The summed E-state index contributed by atoms with van der Waals surface area (Å²) in [6, 6.07) is 14.4. The Morgan fingerprint density at radius 2 is 2.00 bits per heavy atom. The minimum absolute atomic E-state index is 0.246. The number of halogens is 2. The van der Waals surface area contributed by atoms with Crippen LogP contribution in [0.25, 0.3) is 0 Å². The first-order valence-electron chi connectivity index (χ1n) is 9.53. The number of piperidine rings is 1. The van der Waals surface area contributed by atoms with E-state index < -0.39 is 0 Å². The number of hydrogen-bond acceptors (Lipinski definition) is 2. The first-order valence-corrected chi connectivity index (χ1v) is 10.3. The van der Waals surface area contributed by atoms with Crippen molar-refractivity contribution in [3.05, 3.63) is 63.6 Å². The summed E-state index contributed by atoms with van der Waals surface area (Å²) in [6.45, 7) is 2.16. The van der Waals surface area contributed by atoms with Gasteiger partial charge in [0.2, 0.25) is 0 Å². The molecular weight excluding hydrogens is 365 g/mol. The van der Waals surface area contributed by atoms with Crippen LogP contribution >= 0.6 is 23.2 Å². The van der Waals surface area contributed by atoms with Crippen LogP contribution < -0.4 is 0 Å². The number of fused-ring (bicyclic) bond motifs is 2. The van der Waals surface area contributed by atoms with E-state index in [1.165, 1.54) is 43.2 Å². The molecule has 0 amide bonds. The Labute approximate surface area is 165 Å². The minimum atomic E-state index is 0.246. The zero-order valence-electron chi connectivity index (χ0n) is 14.9. The van der Waals surface area contributed by atoms with E-state index in [1.54, 1.807) is 6.07 Å². The predicted octanol–water partition coefficient (Wildman–Crippen LogP) is 5.83. The second-order valence-electron chi connectivity index (χ2n) is 7.85. The van der Waals surface area contributed by atoms with E-state index in [2.05, 4.69) is 11.0 Å². The summed E-state index contributed by atoms with van der Waals surface area (Å²) in [5.74, 6) is 0.388. The number of hydrogen-bond donors (Lipinski definition) is 1. The molecule has 26 heavy (non-hydrogen) atoms. The lowest BCUT2D eigenvalue weighted by Crippen LogP contribution is -2.52. The maximum atomic E-state index is 9.91. The number of benzene rings is 2. The van der Waals surface area contributed by atoms with Gasteiger partial charge in [0, 0.05) is 22.6 Å². The average Bonchev–Trinajstić information content (AvgIpc) is 2.63. The summed E-state index contributed by atoms with van der Waals surface area (Å²) in [5, 5.41) is 11.4. The van der Waals surface area contributed by atoms with Crippen LogP contribution in [0.4, 0.5) is 0 Å². The molecule has 1 heterocycles. The normalized spacial score (nSPS) is 26.0. The van der Waals surface area contributed by atoms with Gasteiger partial charge in [-0.1, -0.05) is 47.8 Å². The van der Waals surface area contributed by atoms with E-state index >= 15 is 0 Å². The van der Waals surface area contributed by atoms with Crippen molar-refractivity contribution in [3.63, 3.8) is 0 Å². The summed E-state index contributed by atoms with van der Waals surface area (Å²) in [6.07, 6.45) is 7.11. The maximum absolute atomic E-state index is 9.91. The van der Waals surface area contributed by atoms with Crippen LogP contribution in [0.15, 0.2) is 42.5 Å². The van der Waals surface area contributed by atoms with Crippen molar-refractivity contribution in [3.8, 4) is 5.75 Å². The van der Waals surface area contributed by atoms with Crippen molar-refractivity contribution in [1.82, 2.24) is 4.90 Å². The Bertz CT molecular complexity index is 793. The number of nitrogens with zero attached hydrogens (tertiary/aromatic N) is 1.